The van der Waals surface area contributed by atoms with Crippen LogP contribution >= 0.6 is 0 Å². The average molecular weight is 363 g/mol. The molecular weight excluding hydrogens is 342 g/mol. The van der Waals surface area contributed by atoms with Gasteiger partial charge in [-0.25, -0.2) is 0 Å². The standard InChI is InChI=1S/C21H21N3O3/c1-27-20(25)10-16-9-15-7-8-19-17(11-22-23-19)18(15)13-24(21(16)26)12-14-5-3-2-4-6-14/h2-8,11,16H,9-10,12-13H2,1H3,(H,22,23)/t16-/m0/s1. The molecule has 6 heteroatoms. The lowest BCUT2D eigenvalue weighted by Gasteiger charge is -2.24. The van der Waals surface area contributed by atoms with E-state index in [0.717, 1.165) is 27.6 Å². The van der Waals surface area contributed by atoms with Gasteiger partial charge >= 0.3 is 5.97 Å². The van der Waals surface area contributed by atoms with E-state index in [4.69, 9.17) is 4.74 Å². The predicted molar refractivity (Wildman–Crippen MR) is 101 cm³/mol. The SMILES string of the molecule is COC(=O)C[C@@H]1Cc2ccc3[nH]ncc3c2CN(Cc2ccccc2)C1=O. The normalized spacial score (nSPS) is 16.9. The van der Waals surface area contributed by atoms with Crippen LogP contribution in [0.4, 0.5) is 0 Å². The number of H-pyrrole nitrogens is 1. The maximum Gasteiger partial charge on any atom is 0.306 e. The smallest absolute Gasteiger partial charge is 0.306 e. The molecule has 0 saturated heterocycles. The van der Waals surface area contributed by atoms with E-state index in [1.165, 1.54) is 7.11 Å². The summed E-state index contributed by atoms with van der Waals surface area (Å²) in [5, 5.41) is 8.16. The molecule has 2 aromatic carbocycles. The lowest BCUT2D eigenvalue weighted by Crippen LogP contribution is -2.35. The van der Waals surface area contributed by atoms with E-state index in [-0.39, 0.29) is 18.3 Å². The molecule has 4 rings (SSSR count). The highest BCUT2D eigenvalue weighted by Crippen LogP contribution is 2.31. The number of aromatic nitrogens is 2. The summed E-state index contributed by atoms with van der Waals surface area (Å²) in [5.74, 6) is -0.801. The van der Waals surface area contributed by atoms with E-state index in [2.05, 4.69) is 10.2 Å². The van der Waals surface area contributed by atoms with Crippen molar-refractivity contribution in [3.8, 4) is 0 Å². The summed E-state index contributed by atoms with van der Waals surface area (Å²) in [4.78, 5) is 27.0. The number of aromatic amines is 1. The van der Waals surface area contributed by atoms with Crippen molar-refractivity contribution in [1.82, 2.24) is 15.1 Å². The maximum atomic E-state index is 13.2. The molecule has 0 saturated carbocycles. The molecule has 6 nitrogen and oxygen atoms in total. The number of nitrogens with one attached hydrogen (secondary N) is 1. The highest BCUT2D eigenvalue weighted by atomic mass is 16.5. The number of hydrogen-bond donors (Lipinski definition) is 1. The van der Waals surface area contributed by atoms with Crippen molar-refractivity contribution in [3.05, 3.63) is 65.4 Å². The Morgan fingerprint density at radius 1 is 1.26 bits per heavy atom. The van der Waals surface area contributed by atoms with Gasteiger partial charge in [-0.1, -0.05) is 36.4 Å². The monoisotopic (exact) mass is 363 g/mol. The van der Waals surface area contributed by atoms with Gasteiger partial charge in [0.25, 0.3) is 0 Å². The van der Waals surface area contributed by atoms with Gasteiger partial charge in [-0.3, -0.25) is 14.7 Å². The Bertz CT molecular complexity index is 981. The summed E-state index contributed by atoms with van der Waals surface area (Å²) >= 11 is 0. The Hall–Kier alpha value is -3.15. The van der Waals surface area contributed by atoms with Crippen LogP contribution in [0.2, 0.25) is 0 Å². The van der Waals surface area contributed by atoms with Gasteiger partial charge in [-0.05, 0) is 29.2 Å². The van der Waals surface area contributed by atoms with Crippen LogP contribution < -0.4 is 0 Å². The molecule has 0 aliphatic carbocycles. The molecule has 0 unspecified atom stereocenters. The van der Waals surface area contributed by atoms with Crippen LogP contribution in [0, 0.1) is 5.92 Å². The van der Waals surface area contributed by atoms with Crippen LogP contribution in [0.1, 0.15) is 23.1 Å². The summed E-state index contributed by atoms with van der Waals surface area (Å²) < 4.78 is 4.82. The molecule has 1 amide bonds. The van der Waals surface area contributed by atoms with Crippen molar-refractivity contribution >= 4 is 22.8 Å². The third-order valence-corrected chi connectivity index (χ3v) is 5.17. The number of ether oxygens (including phenoxy) is 1. The number of amides is 1. The van der Waals surface area contributed by atoms with Gasteiger partial charge < -0.3 is 9.64 Å². The van der Waals surface area contributed by atoms with E-state index >= 15 is 0 Å². The van der Waals surface area contributed by atoms with Gasteiger partial charge in [0.2, 0.25) is 5.91 Å². The van der Waals surface area contributed by atoms with Crippen LogP contribution in [0.5, 0.6) is 0 Å². The Labute approximate surface area is 157 Å². The quantitative estimate of drug-likeness (QED) is 0.723. The molecule has 1 N–H and O–H groups in total. The molecule has 3 aromatic rings. The molecule has 0 spiro atoms. The van der Waals surface area contributed by atoms with Gasteiger partial charge in [-0.15, -0.1) is 0 Å². The first-order chi connectivity index (χ1) is 13.2. The third-order valence-electron chi connectivity index (χ3n) is 5.17. The summed E-state index contributed by atoms with van der Waals surface area (Å²) in [7, 11) is 1.36. The van der Waals surface area contributed by atoms with Crippen molar-refractivity contribution in [1.29, 1.82) is 0 Å². The fourth-order valence-electron chi connectivity index (χ4n) is 3.76. The van der Waals surface area contributed by atoms with Gasteiger partial charge in [0.1, 0.15) is 0 Å². The van der Waals surface area contributed by atoms with Crippen LogP contribution in [0.15, 0.2) is 48.7 Å². The summed E-state index contributed by atoms with van der Waals surface area (Å²) in [5.41, 5.74) is 4.19. The molecule has 2 heterocycles. The van der Waals surface area contributed by atoms with E-state index in [1.54, 1.807) is 6.20 Å². The summed E-state index contributed by atoms with van der Waals surface area (Å²) in [6.07, 6.45) is 2.42. The topological polar surface area (TPSA) is 75.3 Å². The second kappa shape index (κ2) is 7.23. The number of carbonyl (C=O) groups excluding carboxylic acids is 2. The lowest BCUT2D eigenvalue weighted by atomic mass is 9.93. The minimum absolute atomic E-state index is 0.0166. The van der Waals surface area contributed by atoms with Gasteiger partial charge in [-0.2, -0.15) is 5.10 Å². The second-order valence-corrected chi connectivity index (χ2v) is 6.90. The zero-order valence-corrected chi connectivity index (χ0v) is 15.1. The van der Waals surface area contributed by atoms with Crippen molar-refractivity contribution in [3.63, 3.8) is 0 Å². The molecule has 1 aromatic heterocycles. The summed E-state index contributed by atoms with van der Waals surface area (Å²) in [6.45, 7) is 1.00. The molecule has 1 atom stereocenters. The van der Waals surface area contributed by atoms with Gasteiger partial charge in [0.05, 0.1) is 31.2 Å². The Balaban J connectivity index is 1.74. The number of fused-ring (bicyclic) bond motifs is 3. The van der Waals surface area contributed by atoms with Crippen LogP contribution in [-0.2, 0) is 33.8 Å². The molecule has 1 aliphatic heterocycles. The highest BCUT2D eigenvalue weighted by molar-refractivity contribution is 5.88. The second-order valence-electron chi connectivity index (χ2n) is 6.90. The van der Waals surface area contributed by atoms with Crippen LogP contribution in [0.3, 0.4) is 0 Å². The summed E-state index contributed by atoms with van der Waals surface area (Å²) in [6, 6.07) is 13.9. The Morgan fingerprint density at radius 3 is 2.85 bits per heavy atom. The molecule has 27 heavy (non-hydrogen) atoms. The Morgan fingerprint density at radius 2 is 2.07 bits per heavy atom. The molecule has 0 bridgehead atoms. The molecule has 0 radical (unpaired) electrons. The zero-order valence-electron chi connectivity index (χ0n) is 15.1. The largest absolute Gasteiger partial charge is 0.469 e. The maximum absolute atomic E-state index is 13.2. The van der Waals surface area contributed by atoms with Gasteiger partial charge in [0, 0.05) is 18.5 Å². The van der Waals surface area contributed by atoms with Crippen molar-refractivity contribution in [2.24, 2.45) is 5.92 Å². The van der Waals surface area contributed by atoms with Crippen molar-refractivity contribution < 1.29 is 14.3 Å². The predicted octanol–water partition coefficient (Wildman–Crippen LogP) is 2.83. The highest BCUT2D eigenvalue weighted by Gasteiger charge is 2.32. The number of nitrogens with zero attached hydrogens (tertiary/aromatic N) is 2. The zero-order chi connectivity index (χ0) is 18.8. The lowest BCUT2D eigenvalue weighted by molar-refractivity contribution is -0.147. The number of benzene rings is 2. The molecule has 0 fully saturated rings. The number of esters is 1. The van der Waals surface area contributed by atoms with Crippen molar-refractivity contribution in [2.75, 3.05) is 7.11 Å². The molecule has 1 aliphatic rings. The number of methoxy groups -OCH3 is 1. The van der Waals surface area contributed by atoms with E-state index in [1.807, 2.05) is 47.4 Å². The first-order valence-electron chi connectivity index (χ1n) is 8.99. The third kappa shape index (κ3) is 3.43. The van der Waals surface area contributed by atoms with E-state index < -0.39 is 5.92 Å². The van der Waals surface area contributed by atoms with Crippen LogP contribution in [-0.4, -0.2) is 34.1 Å². The van der Waals surface area contributed by atoms with E-state index in [9.17, 15) is 9.59 Å². The first-order valence-corrected chi connectivity index (χ1v) is 8.99. The van der Waals surface area contributed by atoms with Gasteiger partial charge in [0.15, 0.2) is 0 Å². The molecule has 138 valence electrons. The Kier molecular flexibility index (Phi) is 4.62. The first kappa shape index (κ1) is 17.3. The van der Waals surface area contributed by atoms with E-state index in [0.29, 0.717) is 19.5 Å². The number of carbonyl (C=O) groups is 2. The molecular formula is C21H21N3O3. The minimum atomic E-state index is -0.424. The van der Waals surface area contributed by atoms with Crippen LogP contribution in [0.25, 0.3) is 10.9 Å². The fraction of sp³-hybridized carbons (Fsp3) is 0.286. The van der Waals surface area contributed by atoms with Crippen molar-refractivity contribution in [2.45, 2.75) is 25.9 Å². The number of rotatable bonds is 4. The average Bonchev–Trinajstić information content (AvgIpc) is 3.13. The minimum Gasteiger partial charge on any atom is -0.469 e. The number of hydrogen-bond acceptors (Lipinski definition) is 4. The fourth-order valence-corrected chi connectivity index (χ4v) is 3.76.